The number of hydrogen-bond donors (Lipinski definition) is 2. The molecule has 0 aliphatic rings. The van der Waals surface area contributed by atoms with Crippen molar-refractivity contribution >= 4 is 5.91 Å². The third kappa shape index (κ3) is 4.44. The van der Waals surface area contributed by atoms with Crippen LogP contribution < -0.4 is 10.1 Å². The summed E-state index contributed by atoms with van der Waals surface area (Å²) in [5, 5.41) is 20.2. The fourth-order valence-corrected chi connectivity index (χ4v) is 1.32. The highest BCUT2D eigenvalue weighted by atomic mass is 16.5. The zero-order valence-corrected chi connectivity index (χ0v) is 10.2. The van der Waals surface area contributed by atoms with Crippen molar-refractivity contribution in [2.75, 3.05) is 13.2 Å². The Kier molecular flexibility index (Phi) is 5.68. The summed E-state index contributed by atoms with van der Waals surface area (Å²) in [4.78, 5) is 11.5. The molecule has 96 valence electrons. The van der Waals surface area contributed by atoms with Crippen molar-refractivity contribution in [3.8, 4) is 11.8 Å². The largest absolute Gasteiger partial charge is 0.484 e. The number of ether oxygens (including phenoxy) is 1. The second-order valence-electron chi connectivity index (χ2n) is 3.78. The van der Waals surface area contributed by atoms with Crippen LogP contribution in [0.5, 0.6) is 5.75 Å². The van der Waals surface area contributed by atoms with Gasteiger partial charge in [0.25, 0.3) is 5.91 Å². The number of carbonyl (C=O) groups excluding carboxylic acids is 1. The first kappa shape index (κ1) is 14.0. The number of hydrogen-bond acceptors (Lipinski definition) is 4. The maximum absolute atomic E-state index is 11.5. The molecule has 1 aromatic rings. The summed E-state index contributed by atoms with van der Waals surface area (Å²) in [6.07, 6.45) is 0.666. The third-order valence-corrected chi connectivity index (χ3v) is 2.43. The lowest BCUT2D eigenvalue weighted by Crippen LogP contribution is -2.39. The Morgan fingerprint density at radius 1 is 1.50 bits per heavy atom. The smallest absolute Gasteiger partial charge is 0.258 e. The number of benzene rings is 1. The molecule has 0 bridgehead atoms. The molecule has 0 aliphatic carbocycles. The van der Waals surface area contributed by atoms with Crippen molar-refractivity contribution < 1.29 is 14.6 Å². The van der Waals surface area contributed by atoms with Crippen molar-refractivity contribution in [1.82, 2.24) is 5.32 Å². The van der Waals surface area contributed by atoms with Crippen molar-refractivity contribution in [2.24, 2.45) is 0 Å². The molecule has 1 amide bonds. The van der Waals surface area contributed by atoms with Crippen molar-refractivity contribution in [2.45, 2.75) is 19.4 Å². The van der Waals surface area contributed by atoms with E-state index in [4.69, 9.17) is 15.1 Å². The molecular weight excluding hydrogens is 232 g/mol. The first-order valence-electron chi connectivity index (χ1n) is 5.72. The van der Waals surface area contributed by atoms with Crippen LogP contribution >= 0.6 is 0 Å². The van der Waals surface area contributed by atoms with Crippen molar-refractivity contribution in [3.05, 3.63) is 29.8 Å². The SMILES string of the molecule is CC[C@@H](CO)NC(=O)COc1ccc(C#N)cc1. The molecule has 1 rings (SSSR count). The van der Waals surface area contributed by atoms with Gasteiger partial charge in [-0.15, -0.1) is 0 Å². The number of nitrogens with zero attached hydrogens (tertiary/aromatic N) is 1. The number of aliphatic hydroxyl groups excluding tert-OH is 1. The average molecular weight is 248 g/mol. The quantitative estimate of drug-likeness (QED) is 0.781. The van der Waals surface area contributed by atoms with E-state index in [0.29, 0.717) is 17.7 Å². The molecule has 0 unspecified atom stereocenters. The summed E-state index contributed by atoms with van der Waals surface area (Å²) in [5.41, 5.74) is 0.540. The van der Waals surface area contributed by atoms with Gasteiger partial charge in [-0.1, -0.05) is 6.92 Å². The summed E-state index contributed by atoms with van der Waals surface area (Å²) in [7, 11) is 0. The minimum absolute atomic E-state index is 0.0842. The Morgan fingerprint density at radius 2 is 2.17 bits per heavy atom. The van der Waals surface area contributed by atoms with Gasteiger partial charge in [-0.25, -0.2) is 0 Å². The lowest BCUT2D eigenvalue weighted by Gasteiger charge is -2.14. The van der Waals surface area contributed by atoms with E-state index >= 15 is 0 Å². The molecule has 0 saturated heterocycles. The molecular formula is C13H16N2O3. The van der Waals surface area contributed by atoms with E-state index in [1.54, 1.807) is 24.3 Å². The molecule has 0 aliphatic heterocycles. The summed E-state index contributed by atoms with van der Waals surface area (Å²) < 4.78 is 5.25. The van der Waals surface area contributed by atoms with E-state index in [9.17, 15) is 4.79 Å². The van der Waals surface area contributed by atoms with Gasteiger partial charge in [0.15, 0.2) is 6.61 Å². The number of rotatable bonds is 6. The number of nitriles is 1. The maximum atomic E-state index is 11.5. The van der Waals surface area contributed by atoms with E-state index in [0.717, 1.165) is 0 Å². The van der Waals surface area contributed by atoms with Gasteiger partial charge in [-0.05, 0) is 30.7 Å². The average Bonchev–Trinajstić information content (AvgIpc) is 2.43. The first-order valence-corrected chi connectivity index (χ1v) is 5.72. The number of carbonyl (C=O) groups is 1. The van der Waals surface area contributed by atoms with Crippen LogP contribution in [0.25, 0.3) is 0 Å². The van der Waals surface area contributed by atoms with Crippen LogP contribution in [0.2, 0.25) is 0 Å². The van der Waals surface area contributed by atoms with Crippen LogP contribution in [0.3, 0.4) is 0 Å². The Labute approximate surface area is 106 Å². The van der Waals surface area contributed by atoms with Crippen LogP contribution in [0, 0.1) is 11.3 Å². The highest BCUT2D eigenvalue weighted by molar-refractivity contribution is 5.77. The predicted molar refractivity (Wildman–Crippen MR) is 66.0 cm³/mol. The van der Waals surface area contributed by atoms with Crippen LogP contribution in [0.4, 0.5) is 0 Å². The van der Waals surface area contributed by atoms with Gasteiger partial charge in [0, 0.05) is 0 Å². The van der Waals surface area contributed by atoms with E-state index in [1.165, 1.54) is 0 Å². The molecule has 5 heteroatoms. The fourth-order valence-electron chi connectivity index (χ4n) is 1.32. The minimum Gasteiger partial charge on any atom is -0.484 e. The van der Waals surface area contributed by atoms with E-state index in [-0.39, 0.29) is 25.2 Å². The van der Waals surface area contributed by atoms with Gasteiger partial charge in [0.2, 0.25) is 0 Å². The summed E-state index contributed by atoms with van der Waals surface area (Å²) in [6.45, 7) is 1.68. The van der Waals surface area contributed by atoms with Crippen LogP contribution in [0.1, 0.15) is 18.9 Å². The minimum atomic E-state index is -0.278. The maximum Gasteiger partial charge on any atom is 0.258 e. The molecule has 0 heterocycles. The molecule has 5 nitrogen and oxygen atoms in total. The summed E-state index contributed by atoms with van der Waals surface area (Å²) in [5.74, 6) is 0.251. The topological polar surface area (TPSA) is 82.3 Å². The zero-order chi connectivity index (χ0) is 13.4. The van der Waals surface area contributed by atoms with Gasteiger partial charge in [-0.2, -0.15) is 5.26 Å². The predicted octanol–water partition coefficient (Wildman–Crippen LogP) is 0.824. The Bertz CT molecular complexity index is 419. The monoisotopic (exact) mass is 248 g/mol. The molecule has 2 N–H and O–H groups in total. The van der Waals surface area contributed by atoms with E-state index in [2.05, 4.69) is 5.32 Å². The first-order chi connectivity index (χ1) is 8.69. The Hall–Kier alpha value is -2.06. The summed E-state index contributed by atoms with van der Waals surface area (Å²) in [6, 6.07) is 8.27. The standard InChI is InChI=1S/C13H16N2O3/c1-2-11(8-16)15-13(17)9-18-12-5-3-10(7-14)4-6-12/h3-6,11,16H,2,8-9H2,1H3,(H,15,17)/t11-/m0/s1. The molecule has 0 saturated carbocycles. The van der Waals surface area contributed by atoms with E-state index < -0.39 is 0 Å². The van der Waals surface area contributed by atoms with Crippen molar-refractivity contribution in [3.63, 3.8) is 0 Å². The Balaban J connectivity index is 2.40. The van der Waals surface area contributed by atoms with Crippen LogP contribution in [-0.4, -0.2) is 30.3 Å². The second kappa shape index (κ2) is 7.30. The van der Waals surface area contributed by atoms with Crippen LogP contribution in [-0.2, 0) is 4.79 Å². The molecule has 0 spiro atoms. The molecule has 18 heavy (non-hydrogen) atoms. The molecule has 1 atom stereocenters. The Morgan fingerprint density at radius 3 is 2.67 bits per heavy atom. The molecule has 0 fully saturated rings. The van der Waals surface area contributed by atoms with Crippen LogP contribution in [0.15, 0.2) is 24.3 Å². The van der Waals surface area contributed by atoms with Gasteiger partial charge in [-0.3, -0.25) is 4.79 Å². The summed E-state index contributed by atoms with van der Waals surface area (Å²) >= 11 is 0. The van der Waals surface area contributed by atoms with Gasteiger partial charge in [0.1, 0.15) is 5.75 Å². The van der Waals surface area contributed by atoms with E-state index in [1.807, 2.05) is 13.0 Å². The number of nitrogens with one attached hydrogen (secondary N) is 1. The fraction of sp³-hybridized carbons (Fsp3) is 0.385. The third-order valence-electron chi connectivity index (χ3n) is 2.43. The second-order valence-corrected chi connectivity index (χ2v) is 3.78. The molecule has 1 aromatic carbocycles. The number of aliphatic hydroxyl groups is 1. The number of amides is 1. The zero-order valence-electron chi connectivity index (χ0n) is 10.2. The highest BCUT2D eigenvalue weighted by Crippen LogP contribution is 2.11. The lowest BCUT2D eigenvalue weighted by atomic mass is 10.2. The highest BCUT2D eigenvalue weighted by Gasteiger charge is 2.09. The lowest BCUT2D eigenvalue weighted by molar-refractivity contribution is -0.124. The van der Waals surface area contributed by atoms with Gasteiger partial charge in [0.05, 0.1) is 24.3 Å². The van der Waals surface area contributed by atoms with Gasteiger partial charge >= 0.3 is 0 Å². The molecule has 0 radical (unpaired) electrons. The molecule has 0 aromatic heterocycles. The van der Waals surface area contributed by atoms with Gasteiger partial charge < -0.3 is 15.2 Å². The van der Waals surface area contributed by atoms with Crippen molar-refractivity contribution in [1.29, 1.82) is 5.26 Å². The normalized spacial score (nSPS) is 11.4.